The molecule has 8 nitrogen and oxygen atoms in total. The quantitative estimate of drug-likeness (QED) is 0.436. The molecule has 0 saturated carbocycles. The van der Waals surface area contributed by atoms with Gasteiger partial charge in [0.2, 0.25) is 5.91 Å². The van der Waals surface area contributed by atoms with Crippen LogP contribution >= 0.6 is 8.25 Å². The van der Waals surface area contributed by atoms with Crippen molar-refractivity contribution in [2.24, 2.45) is 16.6 Å². The summed E-state index contributed by atoms with van der Waals surface area (Å²) in [6.07, 6.45) is -0.875. The first-order chi connectivity index (χ1) is 8.41. The second kappa shape index (κ2) is 6.86. The third-order valence-electron chi connectivity index (χ3n) is 2.58. The molecule has 0 aromatic carbocycles. The molecule has 1 amide bonds. The number of hydrogen-bond donors (Lipinski definition) is 3. The number of aliphatic imine (C=N–C) groups is 1. The third kappa shape index (κ3) is 4.40. The van der Waals surface area contributed by atoms with Crippen LogP contribution in [-0.4, -0.2) is 47.2 Å². The van der Waals surface area contributed by atoms with Gasteiger partial charge in [0.25, 0.3) is 0 Å². The average Bonchev–Trinajstić information content (AvgIpc) is 2.54. The first kappa shape index (κ1) is 15.1. The summed E-state index contributed by atoms with van der Waals surface area (Å²) in [5, 5.41) is 9.80. The van der Waals surface area contributed by atoms with Crippen LogP contribution < -0.4 is 5.73 Å². The van der Waals surface area contributed by atoms with E-state index in [1.807, 2.05) is 0 Å². The van der Waals surface area contributed by atoms with Crippen LogP contribution in [-0.2, 0) is 18.6 Å². The standard InChI is InChI=1S/C9H15N2O6P/c1-5-8(13)6(4-16-18(14)15)17-9(5)11-3-2-7(10)12/h3,5-6,8-9,13H,2,4H2,1H3,(H2-,10,12,14,15)/p+1. The highest BCUT2D eigenvalue weighted by molar-refractivity contribution is 7.32. The van der Waals surface area contributed by atoms with Gasteiger partial charge in [0.15, 0.2) is 6.23 Å². The van der Waals surface area contributed by atoms with Crippen molar-refractivity contribution in [2.75, 3.05) is 6.61 Å². The van der Waals surface area contributed by atoms with Crippen molar-refractivity contribution in [3.05, 3.63) is 0 Å². The van der Waals surface area contributed by atoms with E-state index < -0.39 is 32.6 Å². The predicted octanol–water partition coefficient (Wildman–Crippen LogP) is -0.679. The maximum atomic E-state index is 10.5. The zero-order valence-electron chi connectivity index (χ0n) is 9.80. The molecular weight excluding hydrogens is 263 g/mol. The van der Waals surface area contributed by atoms with E-state index in [9.17, 15) is 14.5 Å². The monoisotopic (exact) mass is 279 g/mol. The van der Waals surface area contributed by atoms with Crippen LogP contribution in [0.25, 0.3) is 0 Å². The van der Waals surface area contributed by atoms with Crippen LogP contribution in [0.15, 0.2) is 4.99 Å². The second-order valence-corrected chi connectivity index (χ2v) is 4.68. The average molecular weight is 279 g/mol. The number of ether oxygens (including phenoxy) is 1. The Hall–Kier alpha value is -0.920. The van der Waals surface area contributed by atoms with Gasteiger partial charge in [0.1, 0.15) is 12.7 Å². The Morgan fingerprint density at radius 3 is 2.89 bits per heavy atom. The lowest BCUT2D eigenvalue weighted by Crippen LogP contribution is -2.28. The molecule has 0 radical (unpaired) electrons. The molecule has 1 saturated heterocycles. The molecule has 18 heavy (non-hydrogen) atoms. The fraction of sp³-hybridized carbons (Fsp3) is 0.778. The van der Waals surface area contributed by atoms with Crippen LogP contribution in [0.1, 0.15) is 13.3 Å². The van der Waals surface area contributed by atoms with Crippen molar-refractivity contribution < 1.29 is 28.6 Å². The van der Waals surface area contributed by atoms with Gasteiger partial charge in [-0.05, 0) is 0 Å². The van der Waals surface area contributed by atoms with E-state index in [-0.39, 0.29) is 18.9 Å². The molecule has 102 valence electrons. The predicted molar refractivity (Wildman–Crippen MR) is 61.9 cm³/mol. The molecule has 0 bridgehead atoms. The lowest BCUT2D eigenvalue weighted by atomic mass is 10.0. The van der Waals surface area contributed by atoms with Crippen molar-refractivity contribution in [1.29, 1.82) is 0 Å². The van der Waals surface area contributed by atoms with Gasteiger partial charge in [0, 0.05) is 16.7 Å². The van der Waals surface area contributed by atoms with Crippen LogP contribution in [0.5, 0.6) is 0 Å². The molecule has 1 rings (SSSR count). The number of aliphatic hydroxyl groups excluding tert-OH is 1. The van der Waals surface area contributed by atoms with Crippen molar-refractivity contribution in [2.45, 2.75) is 31.8 Å². The molecule has 5 unspecified atom stereocenters. The SMILES string of the molecule is CC1C(N=CCC(N)=O)OC(CO[P+](=O)O)C1O. The van der Waals surface area contributed by atoms with E-state index in [1.165, 1.54) is 6.21 Å². The van der Waals surface area contributed by atoms with Gasteiger partial charge in [-0.15, -0.1) is 9.42 Å². The summed E-state index contributed by atoms with van der Waals surface area (Å²) in [6, 6.07) is 0. The molecule has 1 aliphatic heterocycles. The van der Waals surface area contributed by atoms with Gasteiger partial charge >= 0.3 is 8.25 Å². The van der Waals surface area contributed by atoms with Crippen LogP contribution in [0, 0.1) is 5.92 Å². The summed E-state index contributed by atoms with van der Waals surface area (Å²) in [5.74, 6) is -0.818. The molecule has 0 aliphatic carbocycles. The molecule has 0 aromatic rings. The Kier molecular flexibility index (Phi) is 5.77. The maximum Gasteiger partial charge on any atom is 0.694 e. The van der Waals surface area contributed by atoms with Gasteiger partial charge in [-0.2, -0.15) is 0 Å². The fourth-order valence-electron chi connectivity index (χ4n) is 1.58. The smallest absolute Gasteiger partial charge is 0.390 e. The molecule has 0 spiro atoms. The van der Waals surface area contributed by atoms with Gasteiger partial charge in [-0.1, -0.05) is 6.92 Å². The van der Waals surface area contributed by atoms with Crippen LogP contribution in [0.2, 0.25) is 0 Å². The van der Waals surface area contributed by atoms with Crippen molar-refractivity contribution in [1.82, 2.24) is 0 Å². The van der Waals surface area contributed by atoms with Gasteiger partial charge in [-0.25, -0.2) is 0 Å². The summed E-state index contributed by atoms with van der Waals surface area (Å²) in [6.45, 7) is 1.52. The molecule has 5 atom stereocenters. The van der Waals surface area contributed by atoms with E-state index in [1.54, 1.807) is 6.92 Å². The number of aliphatic hydroxyl groups is 1. The number of carbonyl (C=O) groups is 1. The summed E-state index contributed by atoms with van der Waals surface area (Å²) >= 11 is 0. The molecule has 9 heteroatoms. The first-order valence-corrected chi connectivity index (χ1v) is 6.47. The number of primary amides is 1. The third-order valence-corrected chi connectivity index (χ3v) is 2.95. The summed E-state index contributed by atoms with van der Waals surface area (Å²) in [5.41, 5.74) is 4.95. The minimum atomic E-state index is -2.72. The molecule has 0 aromatic heterocycles. The molecular formula is C9H16N2O6P+. The molecule has 1 heterocycles. The lowest BCUT2D eigenvalue weighted by Gasteiger charge is -2.10. The van der Waals surface area contributed by atoms with Gasteiger partial charge in [0.05, 0.1) is 12.5 Å². The number of nitrogens with zero attached hydrogens (tertiary/aromatic N) is 1. The Balaban J connectivity index is 2.50. The normalized spacial score (nSPS) is 32.9. The highest BCUT2D eigenvalue weighted by atomic mass is 31.1. The summed E-state index contributed by atoms with van der Waals surface area (Å²) < 4.78 is 20.2. The highest BCUT2D eigenvalue weighted by Crippen LogP contribution is 2.29. The second-order valence-electron chi connectivity index (χ2n) is 3.95. The van der Waals surface area contributed by atoms with Crippen molar-refractivity contribution >= 4 is 20.4 Å². The molecule has 1 fully saturated rings. The Morgan fingerprint density at radius 2 is 2.33 bits per heavy atom. The Bertz CT molecular complexity index is 350. The summed E-state index contributed by atoms with van der Waals surface area (Å²) in [4.78, 5) is 23.0. The minimum Gasteiger partial charge on any atom is -0.390 e. The number of hydrogen-bond acceptors (Lipinski definition) is 6. The fourth-order valence-corrected chi connectivity index (χ4v) is 1.86. The molecule has 1 aliphatic rings. The van der Waals surface area contributed by atoms with Crippen molar-refractivity contribution in [3.63, 3.8) is 0 Å². The minimum absolute atomic E-state index is 0.00760. The van der Waals surface area contributed by atoms with E-state index in [2.05, 4.69) is 9.52 Å². The van der Waals surface area contributed by atoms with E-state index in [0.717, 1.165) is 0 Å². The number of rotatable bonds is 6. The topological polar surface area (TPSA) is 131 Å². The van der Waals surface area contributed by atoms with E-state index >= 15 is 0 Å². The summed E-state index contributed by atoms with van der Waals surface area (Å²) in [7, 11) is -2.72. The Morgan fingerprint density at radius 1 is 1.67 bits per heavy atom. The zero-order chi connectivity index (χ0) is 13.7. The Labute approximate surface area is 105 Å². The van der Waals surface area contributed by atoms with E-state index in [0.29, 0.717) is 0 Å². The largest absolute Gasteiger partial charge is 0.694 e. The highest BCUT2D eigenvalue weighted by Gasteiger charge is 2.42. The lowest BCUT2D eigenvalue weighted by molar-refractivity contribution is -0.116. The molecule has 4 N–H and O–H groups in total. The van der Waals surface area contributed by atoms with Crippen LogP contribution in [0.3, 0.4) is 0 Å². The van der Waals surface area contributed by atoms with Gasteiger partial charge in [-0.3, -0.25) is 9.79 Å². The zero-order valence-corrected chi connectivity index (χ0v) is 10.7. The maximum absolute atomic E-state index is 10.5. The number of nitrogens with two attached hydrogens (primary N) is 1. The van der Waals surface area contributed by atoms with E-state index in [4.69, 9.17) is 15.4 Å². The van der Waals surface area contributed by atoms with Gasteiger partial charge < -0.3 is 15.6 Å². The van der Waals surface area contributed by atoms with Crippen LogP contribution in [0.4, 0.5) is 0 Å². The first-order valence-electron chi connectivity index (χ1n) is 5.34. The number of amides is 1. The van der Waals surface area contributed by atoms with Crippen molar-refractivity contribution in [3.8, 4) is 0 Å². The number of carbonyl (C=O) groups excluding carboxylic acids is 1.